The number of ketones is 1. The summed E-state index contributed by atoms with van der Waals surface area (Å²) in [4.78, 5) is 39.9. The number of nitrogens with one attached hydrogen (secondary N) is 1. The van der Waals surface area contributed by atoms with Crippen LogP contribution >= 0.6 is 0 Å². The fraction of sp³-hybridized carbons (Fsp3) is 0.520. The lowest BCUT2D eigenvalue weighted by atomic mass is 10.0. The van der Waals surface area contributed by atoms with Crippen LogP contribution in [0.5, 0.6) is 5.75 Å². The molecule has 1 N–H and O–H groups in total. The SMILES string of the molecule is COc1ccc(Nc2nc(N(C)C3CCN(C(=O)CCN(C)C)CC3)ncc2C(C)=O)c(C)c1. The van der Waals surface area contributed by atoms with Crippen molar-refractivity contribution in [2.45, 2.75) is 39.2 Å². The first-order valence-electron chi connectivity index (χ1n) is 11.6. The van der Waals surface area contributed by atoms with Crippen molar-refractivity contribution in [2.24, 2.45) is 0 Å². The molecule has 1 aliphatic rings. The van der Waals surface area contributed by atoms with Gasteiger partial charge in [-0.1, -0.05) is 0 Å². The number of nitrogens with zero attached hydrogens (tertiary/aromatic N) is 5. The highest BCUT2D eigenvalue weighted by molar-refractivity contribution is 5.99. The van der Waals surface area contributed by atoms with E-state index in [9.17, 15) is 9.59 Å². The highest BCUT2D eigenvalue weighted by atomic mass is 16.5. The smallest absolute Gasteiger partial charge is 0.227 e. The molecule has 0 bridgehead atoms. The minimum Gasteiger partial charge on any atom is -0.497 e. The summed E-state index contributed by atoms with van der Waals surface area (Å²) in [7, 11) is 7.56. The molecular formula is C25H36N6O3. The molecule has 1 fully saturated rings. The van der Waals surface area contributed by atoms with Gasteiger partial charge in [0.1, 0.15) is 11.6 Å². The standard InChI is InChI=1S/C25H36N6O3/c1-17-15-20(34-6)7-8-22(17)27-24-21(18(2)32)16-26-25(28-24)30(5)19-9-13-31(14-10-19)23(33)11-12-29(3)4/h7-8,15-16,19H,9-14H2,1-6H3,(H,26,27,28). The summed E-state index contributed by atoms with van der Waals surface area (Å²) < 4.78 is 5.29. The number of carbonyl (C=O) groups is 2. The monoisotopic (exact) mass is 468 g/mol. The van der Waals surface area contributed by atoms with E-state index in [1.165, 1.54) is 6.92 Å². The van der Waals surface area contributed by atoms with E-state index in [-0.39, 0.29) is 17.7 Å². The van der Waals surface area contributed by atoms with Gasteiger partial charge in [-0.05, 0) is 64.5 Å². The lowest BCUT2D eigenvalue weighted by Gasteiger charge is -2.37. The van der Waals surface area contributed by atoms with Crippen LogP contribution in [0.1, 0.15) is 42.1 Å². The number of ether oxygens (including phenoxy) is 1. The summed E-state index contributed by atoms with van der Waals surface area (Å²) in [5.74, 6) is 1.90. The second kappa shape index (κ2) is 11.3. The number of rotatable bonds is 9. The zero-order valence-electron chi connectivity index (χ0n) is 21.1. The number of likely N-dealkylation sites (tertiary alicyclic amines) is 1. The molecule has 3 rings (SSSR count). The molecule has 0 atom stereocenters. The molecule has 1 amide bonds. The molecule has 1 aromatic heterocycles. The normalized spacial score (nSPS) is 14.3. The Balaban J connectivity index is 1.72. The Hall–Kier alpha value is -3.20. The van der Waals surface area contributed by atoms with E-state index in [4.69, 9.17) is 9.72 Å². The Kier molecular flexibility index (Phi) is 8.44. The zero-order valence-corrected chi connectivity index (χ0v) is 21.1. The summed E-state index contributed by atoms with van der Waals surface area (Å²) in [6.45, 7) is 5.70. The van der Waals surface area contributed by atoms with Gasteiger partial charge in [-0.25, -0.2) is 4.98 Å². The van der Waals surface area contributed by atoms with Crippen molar-refractivity contribution >= 4 is 29.1 Å². The number of hydrogen-bond donors (Lipinski definition) is 1. The number of hydrogen-bond acceptors (Lipinski definition) is 8. The van der Waals surface area contributed by atoms with E-state index in [0.29, 0.717) is 23.8 Å². The molecule has 9 nitrogen and oxygen atoms in total. The molecule has 0 saturated carbocycles. The molecule has 2 heterocycles. The molecule has 0 spiro atoms. The molecule has 184 valence electrons. The summed E-state index contributed by atoms with van der Waals surface area (Å²) >= 11 is 0. The van der Waals surface area contributed by atoms with Crippen LogP contribution in [0.4, 0.5) is 17.5 Å². The van der Waals surface area contributed by atoms with Gasteiger partial charge in [0.2, 0.25) is 11.9 Å². The van der Waals surface area contributed by atoms with Crippen molar-refractivity contribution in [3.8, 4) is 5.75 Å². The predicted octanol–water partition coefficient (Wildman–Crippen LogP) is 3.12. The van der Waals surface area contributed by atoms with Crippen molar-refractivity contribution in [2.75, 3.05) is 58.1 Å². The van der Waals surface area contributed by atoms with E-state index in [1.807, 2.05) is 56.1 Å². The van der Waals surface area contributed by atoms with Gasteiger partial charge in [0.25, 0.3) is 0 Å². The molecule has 0 aliphatic carbocycles. The molecule has 0 radical (unpaired) electrons. The summed E-state index contributed by atoms with van der Waals surface area (Å²) in [5, 5.41) is 3.31. The molecule has 34 heavy (non-hydrogen) atoms. The number of Topliss-reactive ketones (excluding diaryl/α,β-unsaturated/α-hetero) is 1. The van der Waals surface area contributed by atoms with Crippen molar-refractivity contribution < 1.29 is 14.3 Å². The molecule has 0 unspecified atom stereocenters. The zero-order chi connectivity index (χ0) is 24.8. The van der Waals surface area contributed by atoms with E-state index in [2.05, 4.69) is 15.2 Å². The number of methoxy groups -OCH3 is 1. The fourth-order valence-electron chi connectivity index (χ4n) is 4.07. The third-order valence-electron chi connectivity index (χ3n) is 6.30. The average Bonchev–Trinajstić information content (AvgIpc) is 2.83. The van der Waals surface area contributed by atoms with Crippen LogP contribution in [0, 0.1) is 6.92 Å². The maximum absolute atomic E-state index is 12.4. The molecule has 1 aliphatic heterocycles. The minimum absolute atomic E-state index is 0.104. The largest absolute Gasteiger partial charge is 0.497 e. The number of aromatic nitrogens is 2. The Labute approximate surface area is 202 Å². The van der Waals surface area contributed by atoms with Crippen LogP contribution in [0.15, 0.2) is 24.4 Å². The Bertz CT molecular complexity index is 1020. The highest BCUT2D eigenvalue weighted by Crippen LogP contribution is 2.28. The molecule has 1 aromatic carbocycles. The first-order chi connectivity index (χ1) is 16.2. The van der Waals surface area contributed by atoms with Crippen molar-refractivity contribution in [1.29, 1.82) is 0 Å². The summed E-state index contributed by atoms with van der Waals surface area (Å²) in [6.07, 6.45) is 3.83. The van der Waals surface area contributed by atoms with Crippen LogP contribution in [-0.2, 0) is 4.79 Å². The quantitative estimate of drug-likeness (QED) is 0.562. The summed E-state index contributed by atoms with van der Waals surface area (Å²) in [5.41, 5.74) is 2.27. The van der Waals surface area contributed by atoms with Crippen molar-refractivity contribution in [3.05, 3.63) is 35.5 Å². The number of piperidine rings is 1. The van der Waals surface area contributed by atoms with Crippen LogP contribution in [0.25, 0.3) is 0 Å². The number of benzene rings is 1. The summed E-state index contributed by atoms with van der Waals surface area (Å²) in [6, 6.07) is 5.92. The van der Waals surface area contributed by atoms with Gasteiger partial charge < -0.3 is 24.8 Å². The van der Waals surface area contributed by atoms with Crippen molar-refractivity contribution in [3.63, 3.8) is 0 Å². The van der Waals surface area contributed by atoms with Gasteiger partial charge in [-0.15, -0.1) is 0 Å². The van der Waals surface area contributed by atoms with Crippen LogP contribution in [-0.4, -0.2) is 85.4 Å². The Morgan fingerprint density at radius 1 is 1.21 bits per heavy atom. The Morgan fingerprint density at radius 2 is 1.91 bits per heavy atom. The third-order valence-corrected chi connectivity index (χ3v) is 6.30. The van der Waals surface area contributed by atoms with E-state index >= 15 is 0 Å². The van der Waals surface area contributed by atoms with Gasteiger partial charge in [-0.2, -0.15) is 4.98 Å². The van der Waals surface area contributed by atoms with Gasteiger partial charge in [0, 0.05) is 51.0 Å². The van der Waals surface area contributed by atoms with Gasteiger partial charge in [0.05, 0.1) is 12.7 Å². The van der Waals surface area contributed by atoms with Crippen LogP contribution in [0.3, 0.4) is 0 Å². The molecule has 9 heteroatoms. The van der Waals surface area contributed by atoms with Gasteiger partial charge in [0.15, 0.2) is 5.78 Å². The first-order valence-corrected chi connectivity index (χ1v) is 11.6. The molecule has 1 saturated heterocycles. The highest BCUT2D eigenvalue weighted by Gasteiger charge is 2.27. The van der Waals surface area contributed by atoms with Crippen LogP contribution in [0.2, 0.25) is 0 Å². The average molecular weight is 469 g/mol. The second-order valence-electron chi connectivity index (χ2n) is 9.07. The number of carbonyl (C=O) groups excluding carboxylic acids is 2. The lowest BCUT2D eigenvalue weighted by Crippen LogP contribution is -2.46. The minimum atomic E-state index is -0.104. The predicted molar refractivity (Wildman–Crippen MR) is 134 cm³/mol. The number of anilines is 3. The fourth-order valence-corrected chi connectivity index (χ4v) is 4.07. The van der Waals surface area contributed by atoms with Gasteiger partial charge >= 0.3 is 0 Å². The number of aryl methyl sites for hydroxylation is 1. The third kappa shape index (κ3) is 6.22. The van der Waals surface area contributed by atoms with E-state index < -0.39 is 0 Å². The molecular weight excluding hydrogens is 432 g/mol. The Morgan fingerprint density at radius 3 is 2.50 bits per heavy atom. The topological polar surface area (TPSA) is 90.9 Å². The molecule has 2 aromatic rings. The second-order valence-corrected chi connectivity index (χ2v) is 9.07. The number of amides is 1. The van der Waals surface area contributed by atoms with E-state index in [1.54, 1.807) is 13.3 Å². The van der Waals surface area contributed by atoms with Crippen molar-refractivity contribution in [1.82, 2.24) is 19.8 Å². The maximum Gasteiger partial charge on any atom is 0.227 e. The first kappa shape index (κ1) is 25.4. The van der Waals surface area contributed by atoms with Gasteiger partial charge in [-0.3, -0.25) is 9.59 Å². The van der Waals surface area contributed by atoms with E-state index in [0.717, 1.165) is 49.5 Å². The lowest BCUT2D eigenvalue weighted by molar-refractivity contribution is -0.132. The van der Waals surface area contributed by atoms with Crippen LogP contribution < -0.4 is 15.0 Å². The maximum atomic E-state index is 12.4.